The number of benzene rings is 16. The minimum Gasteiger partial charge on any atom is -0.265 e. The molecule has 18 aromatic rings. The van der Waals surface area contributed by atoms with E-state index in [2.05, 4.69) is 344 Å². The van der Waals surface area contributed by atoms with Crippen molar-refractivity contribution in [2.45, 2.75) is 113 Å². The van der Waals surface area contributed by atoms with E-state index in [4.69, 9.17) is 0 Å². The number of hydrogen-bond donors (Lipinski definition) is 0. The summed E-state index contributed by atoms with van der Waals surface area (Å²) < 4.78 is 0. The van der Waals surface area contributed by atoms with Crippen LogP contribution in [0.2, 0.25) is 0 Å². The number of hydrogen-bond acceptors (Lipinski definition) is 3. The topological polar surface area (TPSA) is 38.7 Å². The third-order valence-corrected chi connectivity index (χ3v) is 17.2. The van der Waals surface area contributed by atoms with Gasteiger partial charge in [0.2, 0.25) is 0 Å². The molecule has 0 N–H and O–H groups in total. The fourth-order valence-corrected chi connectivity index (χ4v) is 12.5. The van der Waals surface area contributed by atoms with Crippen LogP contribution in [0.4, 0.5) is 0 Å². The molecule has 0 radical (unpaired) electrons. The first-order chi connectivity index (χ1) is 49.5. The monoisotopic (exact) mass is 1420 g/mol. The Kier molecular flexibility index (Phi) is 41.5. The van der Waals surface area contributed by atoms with Crippen molar-refractivity contribution in [2.75, 3.05) is 0 Å². The Morgan fingerprint density at radius 1 is 0.241 bits per heavy atom. The summed E-state index contributed by atoms with van der Waals surface area (Å²) >= 11 is 0. The SMILES string of the molecule is C.C.C.C.C.C.C.C.C1=Cc2ccccc2C1.CC.CC.CC1(C)c2ccccc2-c2ccccc21.c1cc2ccc3cccc4ccc(c1)c2c34.c1ccc2c(c1)ccc1ccccc12.c1ccc2cc3ccccc3cc2c1.c1ccc2ccccc2c1.c1ccccc1.c1ccncc1.c1cncnc1. The van der Waals surface area contributed by atoms with Crippen LogP contribution in [0.15, 0.2) is 401 Å². The van der Waals surface area contributed by atoms with Crippen molar-refractivity contribution in [2.24, 2.45) is 0 Å². The molecule has 20 rings (SSSR count). The fourth-order valence-electron chi connectivity index (χ4n) is 12.5. The van der Waals surface area contributed by atoms with E-state index in [1.165, 1.54) is 126 Å². The maximum Gasteiger partial charge on any atom is 0.115 e. The molecule has 554 valence electrons. The van der Waals surface area contributed by atoms with Gasteiger partial charge >= 0.3 is 0 Å². The first-order valence-electron chi connectivity index (χ1n) is 34.8. The lowest BCUT2D eigenvalue weighted by Gasteiger charge is -2.20. The number of aromatic nitrogens is 3. The van der Waals surface area contributed by atoms with Crippen molar-refractivity contribution in [3.63, 3.8) is 0 Å². The maximum absolute atomic E-state index is 3.78. The number of nitrogens with zero attached hydrogens (tertiary/aromatic N) is 3. The van der Waals surface area contributed by atoms with Crippen LogP contribution in [0, 0.1) is 0 Å². The second-order valence-electron chi connectivity index (χ2n) is 23.8. The van der Waals surface area contributed by atoms with E-state index >= 15 is 0 Å². The van der Waals surface area contributed by atoms with Gasteiger partial charge in [0.15, 0.2) is 0 Å². The molecule has 0 saturated heterocycles. The van der Waals surface area contributed by atoms with E-state index in [1.807, 2.05) is 82.3 Å². The Balaban J connectivity index is 0.000000414. The number of pyridine rings is 1. The van der Waals surface area contributed by atoms with E-state index in [-0.39, 0.29) is 64.8 Å². The van der Waals surface area contributed by atoms with Crippen molar-refractivity contribution in [3.05, 3.63) is 423 Å². The molecule has 3 heteroatoms. The molecular formula is C105H119N3. The predicted octanol–water partition coefficient (Wildman–Crippen LogP) is 32.0. The van der Waals surface area contributed by atoms with E-state index < -0.39 is 0 Å². The van der Waals surface area contributed by atoms with E-state index in [0.29, 0.717) is 0 Å². The summed E-state index contributed by atoms with van der Waals surface area (Å²) in [5, 5.41) is 21.3. The van der Waals surface area contributed by atoms with Crippen LogP contribution in [0.3, 0.4) is 0 Å². The minimum absolute atomic E-state index is 0. The molecule has 2 aliphatic carbocycles. The van der Waals surface area contributed by atoms with Gasteiger partial charge in [-0.15, -0.1) is 0 Å². The molecule has 16 aromatic carbocycles. The summed E-state index contributed by atoms with van der Waals surface area (Å²) in [6.45, 7) is 12.6. The molecule has 3 nitrogen and oxygen atoms in total. The van der Waals surface area contributed by atoms with Crippen LogP contribution < -0.4 is 0 Å². The fraction of sp³-hybridized carbons (Fsp3) is 0.152. The van der Waals surface area contributed by atoms with E-state index in [9.17, 15) is 0 Å². The van der Waals surface area contributed by atoms with Crippen LogP contribution in [-0.4, -0.2) is 15.0 Å². The van der Waals surface area contributed by atoms with Crippen LogP contribution >= 0.6 is 0 Å². The van der Waals surface area contributed by atoms with Crippen molar-refractivity contribution >= 4 is 92.3 Å². The zero-order valence-corrected chi connectivity index (χ0v) is 58.2. The lowest BCUT2D eigenvalue weighted by molar-refractivity contribution is 0.660. The highest BCUT2D eigenvalue weighted by Gasteiger charge is 2.34. The van der Waals surface area contributed by atoms with Gasteiger partial charge in [-0.1, -0.05) is 447 Å². The third kappa shape index (κ3) is 24.5. The Bertz CT molecular complexity index is 4860. The Hall–Kier alpha value is -12.2. The molecule has 0 amide bonds. The van der Waals surface area contributed by atoms with Gasteiger partial charge in [0.1, 0.15) is 6.33 Å². The van der Waals surface area contributed by atoms with Crippen molar-refractivity contribution in [1.82, 2.24) is 15.0 Å². The molecule has 0 unspecified atom stereocenters. The Labute approximate surface area is 650 Å². The summed E-state index contributed by atoms with van der Waals surface area (Å²) in [7, 11) is 0. The maximum atomic E-state index is 3.78. The molecule has 108 heavy (non-hydrogen) atoms. The van der Waals surface area contributed by atoms with Gasteiger partial charge < -0.3 is 0 Å². The summed E-state index contributed by atoms with van der Waals surface area (Å²) in [5.41, 5.74) is 8.70. The molecule has 0 atom stereocenters. The van der Waals surface area contributed by atoms with Crippen molar-refractivity contribution < 1.29 is 0 Å². The molecule has 0 spiro atoms. The van der Waals surface area contributed by atoms with Gasteiger partial charge in [-0.3, -0.25) is 4.98 Å². The number of allylic oxidation sites excluding steroid dienone is 1. The number of rotatable bonds is 0. The van der Waals surface area contributed by atoms with Crippen LogP contribution in [0.5, 0.6) is 0 Å². The lowest BCUT2D eigenvalue weighted by Crippen LogP contribution is -2.14. The van der Waals surface area contributed by atoms with Gasteiger partial charge in [-0.25, -0.2) is 9.97 Å². The Morgan fingerprint density at radius 2 is 0.528 bits per heavy atom. The Morgan fingerprint density at radius 3 is 0.852 bits per heavy atom. The average molecular weight is 1420 g/mol. The van der Waals surface area contributed by atoms with Crippen LogP contribution in [0.25, 0.3) is 103 Å². The van der Waals surface area contributed by atoms with Gasteiger partial charge in [-0.2, -0.15) is 0 Å². The van der Waals surface area contributed by atoms with Crippen molar-refractivity contribution in [3.8, 4) is 11.1 Å². The predicted molar refractivity (Wildman–Crippen MR) is 489 cm³/mol. The third-order valence-electron chi connectivity index (χ3n) is 17.2. The molecule has 0 fully saturated rings. The summed E-state index contributed by atoms with van der Waals surface area (Å²) in [4.78, 5) is 11.1. The highest BCUT2D eigenvalue weighted by Crippen LogP contribution is 2.48. The summed E-state index contributed by atoms with van der Waals surface area (Å²) in [5.74, 6) is 0. The van der Waals surface area contributed by atoms with Crippen molar-refractivity contribution in [1.29, 1.82) is 0 Å². The molecule has 2 aromatic heterocycles. The van der Waals surface area contributed by atoms with Crippen LogP contribution in [-0.2, 0) is 11.8 Å². The number of fused-ring (bicyclic) bond motifs is 10. The highest BCUT2D eigenvalue weighted by molar-refractivity contribution is 6.23. The summed E-state index contributed by atoms with van der Waals surface area (Å²) in [6, 6.07) is 127. The summed E-state index contributed by atoms with van der Waals surface area (Å²) in [6.07, 6.45) is 13.9. The zero-order valence-electron chi connectivity index (χ0n) is 58.2. The van der Waals surface area contributed by atoms with E-state index in [0.717, 1.165) is 6.42 Å². The molecule has 2 heterocycles. The first kappa shape index (κ1) is 91.9. The standard InChI is InChI=1S/C16H10.C15H14.2C14H10.C10H8.C9H8.C6H6.C5H5N.C4H4N2.2C2H6.8CH4/c1-3-11-7-9-13-5-2-6-14-10-8-12(4-1)15(11)16(13)14;1-15(2)13-9-5-3-7-11(13)12-8-4-6-10-14(12)15;1-3-7-13-11(5-1)9-10-12-6-2-4-8-14(12)13;1-2-6-12-10-14-8-4-3-7-13(14)9-11(12)5-1;1-2-6-10-8-4-3-7-9(10)5-1;1-2-5-9-7-3-6-8(9)4-1;2*1-2-4-6-5-3-1;1-2-5-4-6-3-1;2*1-2;;;;;;;;/h1-10H;3-10H,1-2H3;2*1-10H;1-8H;1-6H,7H2;1-6H;1-5H;1-4H;2*1-2H3;8*1H4. The normalized spacial score (nSPS) is 10.3. The minimum atomic E-state index is 0. The largest absolute Gasteiger partial charge is 0.265 e. The van der Waals surface area contributed by atoms with E-state index in [1.54, 1.807) is 30.9 Å². The van der Waals surface area contributed by atoms with Gasteiger partial charge in [0, 0.05) is 30.2 Å². The first-order valence-corrected chi connectivity index (χ1v) is 34.8. The van der Waals surface area contributed by atoms with Gasteiger partial charge in [0.05, 0.1) is 0 Å². The molecule has 0 aliphatic heterocycles. The van der Waals surface area contributed by atoms with Gasteiger partial charge in [0.25, 0.3) is 0 Å². The zero-order chi connectivity index (χ0) is 69.4. The van der Waals surface area contributed by atoms with Crippen LogP contribution in [0.1, 0.15) is 123 Å². The second kappa shape index (κ2) is 48.8. The van der Waals surface area contributed by atoms with Gasteiger partial charge in [-0.05, 0) is 156 Å². The molecule has 2 aliphatic rings. The average Bonchev–Trinajstić information content (AvgIpc) is 1.60. The molecular weight excluding hydrogens is 1300 g/mol. The quantitative estimate of drug-likeness (QED) is 0.112. The smallest absolute Gasteiger partial charge is 0.115 e. The molecule has 0 bridgehead atoms. The molecule has 0 saturated carbocycles. The second-order valence-corrected chi connectivity index (χ2v) is 23.8. The highest BCUT2D eigenvalue weighted by atomic mass is 14.8. The lowest BCUT2D eigenvalue weighted by atomic mass is 9.82.